The Morgan fingerprint density at radius 3 is 2.55 bits per heavy atom. The van der Waals surface area contributed by atoms with Gasteiger partial charge in [0.2, 0.25) is 5.91 Å². The number of rotatable bonds is 3. The highest BCUT2D eigenvalue weighted by atomic mass is 16.2. The summed E-state index contributed by atoms with van der Waals surface area (Å²) in [6.07, 6.45) is 7.09. The van der Waals surface area contributed by atoms with E-state index in [1.807, 2.05) is 24.3 Å². The minimum atomic E-state index is -0.0165. The molecule has 3 aliphatic rings. The Balaban J connectivity index is 1.37. The minimum absolute atomic E-state index is 0.0165. The summed E-state index contributed by atoms with van der Waals surface area (Å²) in [5.41, 5.74) is 2.00. The molecular weight excluding hydrogens is 360 g/mol. The van der Waals surface area contributed by atoms with Crippen LogP contribution in [0.3, 0.4) is 0 Å². The predicted molar refractivity (Wildman–Crippen MR) is 111 cm³/mol. The van der Waals surface area contributed by atoms with Crippen LogP contribution in [0.1, 0.15) is 49.1 Å². The first-order chi connectivity index (χ1) is 14.2. The topological polar surface area (TPSA) is 60.2 Å². The predicted octanol–water partition coefficient (Wildman–Crippen LogP) is 3.72. The highest BCUT2D eigenvalue weighted by Crippen LogP contribution is 2.48. The Bertz CT molecular complexity index is 939. The fraction of sp³-hybridized carbons (Fsp3) is 0.458. The van der Waals surface area contributed by atoms with Crippen molar-refractivity contribution in [3.63, 3.8) is 0 Å². The van der Waals surface area contributed by atoms with E-state index >= 15 is 0 Å². The van der Waals surface area contributed by atoms with Gasteiger partial charge < -0.3 is 9.80 Å². The molecule has 1 unspecified atom stereocenters. The van der Waals surface area contributed by atoms with Gasteiger partial charge in [0.05, 0.1) is 17.6 Å². The summed E-state index contributed by atoms with van der Waals surface area (Å²) < 4.78 is 0. The molecule has 3 fully saturated rings. The van der Waals surface area contributed by atoms with E-state index in [2.05, 4.69) is 33.0 Å². The quantitative estimate of drug-likeness (QED) is 0.807. The average Bonchev–Trinajstić information content (AvgIpc) is 3.62. The smallest absolute Gasteiger partial charge is 0.230 e. The Morgan fingerprint density at radius 2 is 1.86 bits per heavy atom. The number of likely N-dealkylation sites (tertiary alicyclic amines) is 1. The zero-order valence-electron chi connectivity index (χ0n) is 16.6. The lowest BCUT2D eigenvalue weighted by molar-refractivity contribution is -0.141. The summed E-state index contributed by atoms with van der Waals surface area (Å²) in [5.74, 6) is 1.21. The van der Waals surface area contributed by atoms with E-state index in [4.69, 9.17) is 0 Å². The van der Waals surface area contributed by atoms with E-state index in [0.717, 1.165) is 63.1 Å². The largest absolute Gasteiger partial charge is 0.357 e. The van der Waals surface area contributed by atoms with Crippen LogP contribution in [-0.4, -0.2) is 41.5 Å². The Kier molecular flexibility index (Phi) is 4.50. The molecule has 1 spiro atoms. The average molecular weight is 386 g/mol. The molecule has 5 nitrogen and oxygen atoms in total. The zero-order valence-corrected chi connectivity index (χ0v) is 16.6. The molecule has 3 heterocycles. The number of hydrogen-bond donors (Lipinski definition) is 0. The maximum atomic E-state index is 13.3. The van der Waals surface area contributed by atoms with Gasteiger partial charge in [0.1, 0.15) is 5.82 Å². The number of pyridine rings is 1. The maximum Gasteiger partial charge on any atom is 0.230 e. The Hall–Kier alpha value is -2.87. The lowest BCUT2D eigenvalue weighted by Gasteiger charge is -2.50. The molecule has 5 heteroatoms. The molecule has 1 amide bonds. The number of carbonyl (C=O) groups is 1. The van der Waals surface area contributed by atoms with Crippen LogP contribution in [0.5, 0.6) is 0 Å². The van der Waals surface area contributed by atoms with Gasteiger partial charge in [-0.25, -0.2) is 4.98 Å². The number of aromatic nitrogens is 1. The second-order valence-electron chi connectivity index (χ2n) is 8.87. The molecule has 0 N–H and O–H groups in total. The Morgan fingerprint density at radius 1 is 1.10 bits per heavy atom. The van der Waals surface area contributed by atoms with Gasteiger partial charge in [-0.1, -0.05) is 30.3 Å². The standard InChI is InChI=1S/C24H26N4O/c25-16-18-8-11-26-22(14-18)27-12-9-24(10-13-27)15-21(19-4-2-1-3-5-19)23(29)28(17-24)20-6-7-20/h1-5,8,11,14,20-21H,6-7,9-10,12-13,15,17H2. The van der Waals surface area contributed by atoms with Crippen molar-refractivity contribution in [2.24, 2.45) is 5.41 Å². The van der Waals surface area contributed by atoms with Crippen molar-refractivity contribution >= 4 is 11.7 Å². The van der Waals surface area contributed by atoms with Crippen molar-refractivity contribution in [1.82, 2.24) is 9.88 Å². The van der Waals surface area contributed by atoms with Crippen LogP contribution in [0.2, 0.25) is 0 Å². The van der Waals surface area contributed by atoms with E-state index in [-0.39, 0.29) is 11.3 Å². The summed E-state index contributed by atoms with van der Waals surface area (Å²) in [7, 11) is 0. The molecular formula is C24H26N4O. The highest BCUT2D eigenvalue weighted by Gasteiger charge is 2.49. The van der Waals surface area contributed by atoms with Gasteiger partial charge in [-0.15, -0.1) is 0 Å². The van der Waals surface area contributed by atoms with E-state index in [9.17, 15) is 10.1 Å². The van der Waals surface area contributed by atoms with E-state index in [0.29, 0.717) is 17.5 Å². The summed E-state index contributed by atoms with van der Waals surface area (Å²) in [6, 6.07) is 16.6. The molecule has 1 aromatic heterocycles. The lowest BCUT2D eigenvalue weighted by Crippen LogP contribution is -2.54. The molecule has 1 atom stereocenters. The first-order valence-electron chi connectivity index (χ1n) is 10.6. The van der Waals surface area contributed by atoms with Crippen molar-refractivity contribution in [3.8, 4) is 6.07 Å². The summed E-state index contributed by atoms with van der Waals surface area (Å²) >= 11 is 0. The number of carbonyl (C=O) groups excluding carboxylic acids is 1. The van der Waals surface area contributed by atoms with Crippen molar-refractivity contribution in [3.05, 3.63) is 59.8 Å². The van der Waals surface area contributed by atoms with Crippen LogP contribution in [0.4, 0.5) is 5.82 Å². The van der Waals surface area contributed by atoms with Crippen molar-refractivity contribution in [1.29, 1.82) is 5.26 Å². The zero-order chi connectivity index (χ0) is 19.8. The molecule has 1 saturated carbocycles. The highest BCUT2D eigenvalue weighted by molar-refractivity contribution is 5.85. The van der Waals surface area contributed by atoms with Crippen molar-refractivity contribution in [2.75, 3.05) is 24.5 Å². The number of anilines is 1. The van der Waals surface area contributed by atoms with Gasteiger partial charge in [-0.3, -0.25) is 4.79 Å². The second kappa shape index (κ2) is 7.18. The number of nitrogens with zero attached hydrogens (tertiary/aromatic N) is 4. The minimum Gasteiger partial charge on any atom is -0.357 e. The van der Waals surface area contributed by atoms with E-state index in [1.165, 1.54) is 0 Å². The van der Waals surface area contributed by atoms with Gasteiger partial charge in [-0.05, 0) is 55.2 Å². The molecule has 2 saturated heterocycles. The van der Waals surface area contributed by atoms with Crippen molar-refractivity contribution < 1.29 is 4.79 Å². The third kappa shape index (κ3) is 3.48. The fourth-order valence-electron chi connectivity index (χ4n) is 5.10. The molecule has 5 rings (SSSR count). The van der Waals surface area contributed by atoms with Gasteiger partial charge >= 0.3 is 0 Å². The number of amides is 1. The molecule has 2 aromatic rings. The van der Waals surface area contributed by atoms with Crippen LogP contribution in [-0.2, 0) is 4.79 Å². The Labute approximate surface area is 172 Å². The SMILES string of the molecule is N#Cc1ccnc(N2CCC3(CC2)CC(c2ccccc2)C(=O)N(C2CC2)C3)c1. The van der Waals surface area contributed by atoms with Crippen LogP contribution in [0, 0.1) is 16.7 Å². The van der Waals surface area contributed by atoms with Gasteiger partial charge in [-0.2, -0.15) is 5.26 Å². The van der Waals surface area contributed by atoms with Gasteiger partial charge in [0.25, 0.3) is 0 Å². The van der Waals surface area contributed by atoms with Gasteiger partial charge in [0, 0.05) is 31.9 Å². The summed E-state index contributed by atoms with van der Waals surface area (Å²) in [4.78, 5) is 22.2. The molecule has 1 aliphatic carbocycles. The first kappa shape index (κ1) is 18.2. The van der Waals surface area contributed by atoms with Crippen LogP contribution >= 0.6 is 0 Å². The number of nitriles is 1. The number of hydrogen-bond acceptors (Lipinski definition) is 4. The van der Waals surface area contributed by atoms with Gasteiger partial charge in [0.15, 0.2) is 0 Å². The van der Waals surface area contributed by atoms with E-state index < -0.39 is 0 Å². The normalized spacial score (nSPS) is 23.8. The molecule has 148 valence electrons. The summed E-state index contributed by atoms with van der Waals surface area (Å²) in [5, 5.41) is 9.17. The first-order valence-corrected chi connectivity index (χ1v) is 10.6. The maximum absolute atomic E-state index is 13.3. The van der Waals surface area contributed by atoms with Crippen molar-refractivity contribution in [2.45, 2.75) is 44.1 Å². The molecule has 0 radical (unpaired) electrons. The van der Waals surface area contributed by atoms with E-state index in [1.54, 1.807) is 12.3 Å². The fourth-order valence-corrected chi connectivity index (χ4v) is 5.10. The molecule has 0 bridgehead atoms. The third-order valence-electron chi connectivity index (χ3n) is 6.94. The lowest BCUT2D eigenvalue weighted by atomic mass is 9.67. The molecule has 1 aromatic carbocycles. The summed E-state index contributed by atoms with van der Waals surface area (Å²) in [6.45, 7) is 2.76. The number of piperidine rings is 2. The monoisotopic (exact) mass is 386 g/mol. The third-order valence-corrected chi connectivity index (χ3v) is 6.94. The molecule has 29 heavy (non-hydrogen) atoms. The molecule has 2 aliphatic heterocycles. The number of benzene rings is 1. The van der Waals surface area contributed by atoms with Crippen LogP contribution in [0.25, 0.3) is 0 Å². The van der Waals surface area contributed by atoms with Crippen LogP contribution < -0.4 is 4.90 Å². The second-order valence-corrected chi connectivity index (χ2v) is 8.87. The van der Waals surface area contributed by atoms with Crippen LogP contribution in [0.15, 0.2) is 48.7 Å².